The van der Waals surface area contributed by atoms with Gasteiger partial charge in [0.05, 0.1) is 0 Å². The molecular weight excluding hydrogens is 194 g/mol. The molecule has 0 radical (unpaired) electrons. The smallest absolute Gasteiger partial charge is 0.0233 e. The lowest BCUT2D eigenvalue weighted by molar-refractivity contribution is 0.202. The van der Waals surface area contributed by atoms with Crippen molar-refractivity contribution in [2.24, 2.45) is 5.92 Å². The van der Waals surface area contributed by atoms with Crippen molar-refractivity contribution in [2.75, 3.05) is 13.1 Å². The third kappa shape index (κ3) is 3.64. The number of nitrogens with zero attached hydrogens (tertiary/aromatic N) is 1. The molecule has 1 saturated heterocycles. The number of hydrogen-bond donors (Lipinski definition) is 0. The minimum Gasteiger partial charge on any atom is -0.299 e. The van der Waals surface area contributed by atoms with Crippen LogP contribution in [0.3, 0.4) is 0 Å². The second kappa shape index (κ2) is 6.05. The molecule has 0 saturated carbocycles. The second-order valence-corrected chi connectivity index (χ2v) is 5.18. The van der Waals surface area contributed by atoms with Gasteiger partial charge in [-0.3, -0.25) is 4.90 Å². The van der Waals surface area contributed by atoms with E-state index in [0.29, 0.717) is 0 Å². The summed E-state index contributed by atoms with van der Waals surface area (Å²) in [5, 5.41) is 0. The maximum absolute atomic E-state index is 2.62. The Bertz CT molecular complexity index is 294. The number of benzene rings is 1. The third-order valence-corrected chi connectivity index (χ3v) is 3.49. The number of likely N-dealkylation sites (tertiary alicyclic amines) is 1. The van der Waals surface area contributed by atoms with Crippen LogP contribution in [0.25, 0.3) is 0 Å². The largest absolute Gasteiger partial charge is 0.299 e. The van der Waals surface area contributed by atoms with E-state index in [9.17, 15) is 0 Å². The zero-order valence-electron chi connectivity index (χ0n) is 10.4. The molecule has 1 atom stereocenters. The van der Waals surface area contributed by atoms with Crippen LogP contribution in [0.5, 0.6) is 0 Å². The molecule has 0 N–H and O–H groups in total. The van der Waals surface area contributed by atoms with Gasteiger partial charge in [0.15, 0.2) is 0 Å². The molecule has 1 nitrogen and oxygen atoms in total. The Hall–Kier alpha value is -0.820. The molecule has 1 fully saturated rings. The van der Waals surface area contributed by atoms with Gasteiger partial charge in [0, 0.05) is 13.1 Å². The fraction of sp³-hybridized carbons (Fsp3) is 0.600. The van der Waals surface area contributed by atoms with E-state index in [-0.39, 0.29) is 0 Å². The zero-order chi connectivity index (χ0) is 11.2. The van der Waals surface area contributed by atoms with E-state index in [1.54, 1.807) is 0 Å². The van der Waals surface area contributed by atoms with E-state index in [2.05, 4.69) is 42.2 Å². The summed E-state index contributed by atoms with van der Waals surface area (Å²) in [6.07, 6.45) is 5.63. The average Bonchev–Trinajstić information content (AvgIpc) is 2.27. The van der Waals surface area contributed by atoms with Crippen molar-refractivity contribution >= 4 is 0 Å². The van der Waals surface area contributed by atoms with Crippen LogP contribution >= 0.6 is 0 Å². The van der Waals surface area contributed by atoms with Gasteiger partial charge in [-0.2, -0.15) is 0 Å². The fourth-order valence-electron chi connectivity index (χ4n) is 2.61. The first-order valence-electron chi connectivity index (χ1n) is 6.61. The Morgan fingerprint density at radius 2 is 1.94 bits per heavy atom. The van der Waals surface area contributed by atoms with Crippen LogP contribution in [-0.4, -0.2) is 18.0 Å². The quantitative estimate of drug-likeness (QED) is 0.730. The van der Waals surface area contributed by atoms with Crippen LogP contribution in [0.4, 0.5) is 0 Å². The van der Waals surface area contributed by atoms with Gasteiger partial charge in [-0.25, -0.2) is 0 Å². The lowest BCUT2D eigenvalue weighted by Crippen LogP contribution is -2.30. The summed E-state index contributed by atoms with van der Waals surface area (Å²) < 4.78 is 0. The van der Waals surface area contributed by atoms with E-state index in [4.69, 9.17) is 0 Å². The Morgan fingerprint density at radius 3 is 2.75 bits per heavy atom. The van der Waals surface area contributed by atoms with E-state index < -0.39 is 0 Å². The molecule has 0 spiro atoms. The van der Waals surface area contributed by atoms with E-state index in [1.165, 1.54) is 44.3 Å². The molecule has 2 rings (SSSR count). The van der Waals surface area contributed by atoms with Gasteiger partial charge in [0.25, 0.3) is 0 Å². The fourth-order valence-corrected chi connectivity index (χ4v) is 2.61. The van der Waals surface area contributed by atoms with Crippen molar-refractivity contribution in [3.8, 4) is 0 Å². The maximum atomic E-state index is 2.62. The highest BCUT2D eigenvalue weighted by Crippen LogP contribution is 2.17. The summed E-state index contributed by atoms with van der Waals surface area (Å²) in [5.74, 6) is 0.865. The van der Waals surface area contributed by atoms with Gasteiger partial charge in [0.1, 0.15) is 0 Å². The minimum atomic E-state index is 0.865. The Kier molecular flexibility index (Phi) is 4.41. The summed E-state index contributed by atoms with van der Waals surface area (Å²) in [4.78, 5) is 2.62. The summed E-state index contributed by atoms with van der Waals surface area (Å²) >= 11 is 0. The lowest BCUT2D eigenvalue weighted by Gasteiger charge is -2.28. The minimum absolute atomic E-state index is 0.865. The molecule has 0 amide bonds. The van der Waals surface area contributed by atoms with Crippen molar-refractivity contribution in [3.05, 3.63) is 35.9 Å². The van der Waals surface area contributed by atoms with Crippen molar-refractivity contribution in [1.82, 2.24) is 4.90 Å². The molecule has 0 bridgehead atoms. The predicted octanol–water partition coefficient (Wildman–Crippen LogP) is 3.70. The van der Waals surface area contributed by atoms with Gasteiger partial charge in [-0.15, -0.1) is 0 Å². The van der Waals surface area contributed by atoms with Crippen molar-refractivity contribution in [3.63, 3.8) is 0 Å². The molecule has 1 heterocycles. The molecule has 1 aromatic rings. The average molecular weight is 217 g/mol. The molecule has 1 aliphatic rings. The summed E-state index contributed by atoms with van der Waals surface area (Å²) in [7, 11) is 0. The first-order valence-corrected chi connectivity index (χ1v) is 6.61. The predicted molar refractivity (Wildman–Crippen MR) is 69.4 cm³/mol. The van der Waals surface area contributed by atoms with Crippen LogP contribution < -0.4 is 0 Å². The molecule has 1 aliphatic heterocycles. The second-order valence-electron chi connectivity index (χ2n) is 5.18. The molecule has 0 aromatic heterocycles. The van der Waals surface area contributed by atoms with Crippen molar-refractivity contribution in [2.45, 2.75) is 39.2 Å². The summed E-state index contributed by atoms with van der Waals surface area (Å²) in [5.41, 5.74) is 1.45. The Labute approximate surface area is 99.5 Å². The highest BCUT2D eigenvalue weighted by Gasteiger charge is 2.13. The van der Waals surface area contributed by atoms with E-state index in [0.717, 1.165) is 12.5 Å². The first-order chi connectivity index (χ1) is 7.84. The Morgan fingerprint density at radius 1 is 1.12 bits per heavy atom. The summed E-state index contributed by atoms with van der Waals surface area (Å²) in [6.45, 7) is 6.07. The van der Waals surface area contributed by atoms with Crippen molar-refractivity contribution in [1.29, 1.82) is 0 Å². The highest BCUT2D eigenvalue weighted by molar-refractivity contribution is 5.14. The van der Waals surface area contributed by atoms with Gasteiger partial charge in [0.2, 0.25) is 0 Å². The standard InChI is InChI=1S/C15H23N/c1-14-8-4-3-7-11-16(12-14)13-15-9-5-2-6-10-15/h2,5-6,9-10,14H,3-4,7-8,11-13H2,1H3/t14-/m0/s1. The molecule has 1 aromatic carbocycles. The topological polar surface area (TPSA) is 3.24 Å². The molecule has 1 heteroatoms. The highest BCUT2D eigenvalue weighted by atomic mass is 15.1. The van der Waals surface area contributed by atoms with Gasteiger partial charge in [-0.05, 0) is 30.9 Å². The first kappa shape index (κ1) is 11.7. The van der Waals surface area contributed by atoms with Crippen LogP contribution in [0.2, 0.25) is 0 Å². The molecule has 0 unspecified atom stereocenters. The van der Waals surface area contributed by atoms with Crippen LogP contribution in [0, 0.1) is 5.92 Å². The van der Waals surface area contributed by atoms with E-state index in [1.807, 2.05) is 0 Å². The molecule has 0 aliphatic carbocycles. The monoisotopic (exact) mass is 217 g/mol. The molecular formula is C15H23N. The number of rotatable bonds is 2. The van der Waals surface area contributed by atoms with E-state index >= 15 is 0 Å². The van der Waals surface area contributed by atoms with Gasteiger partial charge >= 0.3 is 0 Å². The van der Waals surface area contributed by atoms with Crippen LogP contribution in [-0.2, 0) is 6.54 Å². The normalized spacial score (nSPS) is 23.7. The third-order valence-electron chi connectivity index (χ3n) is 3.49. The number of hydrogen-bond acceptors (Lipinski definition) is 1. The lowest BCUT2D eigenvalue weighted by atomic mass is 9.99. The summed E-state index contributed by atoms with van der Waals surface area (Å²) in [6, 6.07) is 10.9. The van der Waals surface area contributed by atoms with Crippen molar-refractivity contribution < 1.29 is 0 Å². The van der Waals surface area contributed by atoms with Gasteiger partial charge in [-0.1, -0.05) is 50.1 Å². The van der Waals surface area contributed by atoms with Crippen LogP contribution in [0.15, 0.2) is 30.3 Å². The Balaban J connectivity index is 1.91. The molecule has 88 valence electrons. The maximum Gasteiger partial charge on any atom is 0.0233 e. The zero-order valence-corrected chi connectivity index (χ0v) is 10.4. The van der Waals surface area contributed by atoms with Crippen LogP contribution in [0.1, 0.15) is 38.2 Å². The van der Waals surface area contributed by atoms with Gasteiger partial charge < -0.3 is 0 Å². The molecule has 16 heavy (non-hydrogen) atoms. The SMILES string of the molecule is C[C@H]1CCCCCN(Cc2ccccc2)C1.